The number of aromatic nitrogens is 2. The highest BCUT2D eigenvalue weighted by Gasteiger charge is 2.21. The molecule has 1 fully saturated rings. The predicted octanol–water partition coefficient (Wildman–Crippen LogP) is 0.155. The molecule has 2 N–H and O–H groups in total. The second kappa shape index (κ2) is 13.7. The molecule has 0 bridgehead atoms. The van der Waals surface area contributed by atoms with E-state index in [9.17, 15) is 4.79 Å². The van der Waals surface area contributed by atoms with Crippen LogP contribution in [0.5, 0.6) is 0 Å². The van der Waals surface area contributed by atoms with Crippen molar-refractivity contribution in [2.24, 2.45) is 4.99 Å². The number of amides is 1. The summed E-state index contributed by atoms with van der Waals surface area (Å²) >= 11 is 0. The van der Waals surface area contributed by atoms with Crippen molar-refractivity contribution in [2.75, 3.05) is 66.1 Å². The maximum Gasteiger partial charge on any atom is 0.234 e. The van der Waals surface area contributed by atoms with E-state index in [1.807, 2.05) is 24.0 Å². The molecule has 0 aromatic carbocycles. The molecule has 0 spiro atoms. The van der Waals surface area contributed by atoms with Crippen molar-refractivity contribution in [3.05, 3.63) is 18.0 Å². The number of nitrogens with zero attached hydrogens (tertiary/aromatic N) is 5. The molecule has 0 unspecified atom stereocenters. The van der Waals surface area contributed by atoms with E-state index in [0.717, 1.165) is 50.8 Å². The largest absolute Gasteiger partial charge is 0.383 e. The van der Waals surface area contributed by atoms with Gasteiger partial charge in [0.25, 0.3) is 0 Å². The van der Waals surface area contributed by atoms with E-state index in [-0.39, 0.29) is 29.9 Å². The lowest BCUT2D eigenvalue weighted by Gasteiger charge is -2.36. The van der Waals surface area contributed by atoms with Gasteiger partial charge in [-0.3, -0.25) is 19.4 Å². The molecule has 0 atom stereocenters. The van der Waals surface area contributed by atoms with Crippen molar-refractivity contribution >= 4 is 35.8 Å². The molecule has 1 aliphatic heterocycles. The van der Waals surface area contributed by atoms with Crippen LogP contribution in [0.15, 0.2) is 17.4 Å². The van der Waals surface area contributed by atoms with Gasteiger partial charge in [0.15, 0.2) is 5.96 Å². The highest BCUT2D eigenvalue weighted by atomic mass is 127. The lowest BCUT2D eigenvalue weighted by Crippen LogP contribution is -2.54. The Bertz CT molecular complexity index is 601. The van der Waals surface area contributed by atoms with Gasteiger partial charge in [0.1, 0.15) is 0 Å². The highest BCUT2D eigenvalue weighted by molar-refractivity contribution is 14.0. The van der Waals surface area contributed by atoms with Gasteiger partial charge in [-0.2, -0.15) is 5.10 Å². The molecule has 1 saturated heterocycles. The topological polar surface area (TPSA) is 87.0 Å². The number of piperazine rings is 1. The van der Waals surface area contributed by atoms with E-state index in [1.54, 1.807) is 7.11 Å². The van der Waals surface area contributed by atoms with Gasteiger partial charge in [-0.25, -0.2) is 0 Å². The molecule has 1 aliphatic rings. The second-order valence-electron chi connectivity index (χ2n) is 6.62. The first-order valence-corrected chi connectivity index (χ1v) is 9.62. The molecular weight excluding hydrogens is 473 g/mol. The number of methoxy groups -OCH3 is 1. The van der Waals surface area contributed by atoms with Crippen LogP contribution in [0.25, 0.3) is 0 Å². The van der Waals surface area contributed by atoms with Crippen molar-refractivity contribution in [1.82, 2.24) is 30.2 Å². The Hall–Kier alpha value is -1.40. The van der Waals surface area contributed by atoms with E-state index < -0.39 is 0 Å². The van der Waals surface area contributed by atoms with Crippen LogP contribution in [0.1, 0.15) is 12.5 Å². The number of ether oxygens (including phenoxy) is 1. The number of rotatable bonds is 9. The van der Waals surface area contributed by atoms with Crippen LogP contribution in [-0.2, 0) is 16.1 Å². The molecule has 0 radical (unpaired) electrons. The Morgan fingerprint density at radius 3 is 2.64 bits per heavy atom. The molecule has 10 heteroatoms. The fourth-order valence-electron chi connectivity index (χ4n) is 2.94. The minimum absolute atomic E-state index is 0. The van der Waals surface area contributed by atoms with Gasteiger partial charge in [0, 0.05) is 52.6 Å². The van der Waals surface area contributed by atoms with E-state index in [4.69, 9.17) is 9.73 Å². The number of carbonyl (C=O) groups is 1. The molecule has 28 heavy (non-hydrogen) atoms. The first-order valence-electron chi connectivity index (χ1n) is 9.62. The summed E-state index contributed by atoms with van der Waals surface area (Å²) in [5.74, 6) is 0.987. The summed E-state index contributed by atoms with van der Waals surface area (Å²) in [6, 6.07) is 0. The fourth-order valence-corrected chi connectivity index (χ4v) is 2.94. The summed E-state index contributed by atoms with van der Waals surface area (Å²) in [7, 11) is 1.63. The molecule has 1 amide bonds. The van der Waals surface area contributed by atoms with Crippen LogP contribution in [0.4, 0.5) is 0 Å². The molecular formula is C18H34IN7O2. The molecule has 0 aliphatic carbocycles. The van der Waals surface area contributed by atoms with Gasteiger partial charge in [0.05, 0.1) is 32.4 Å². The van der Waals surface area contributed by atoms with Gasteiger partial charge >= 0.3 is 0 Å². The van der Waals surface area contributed by atoms with Crippen LogP contribution in [0.3, 0.4) is 0 Å². The minimum Gasteiger partial charge on any atom is -0.383 e. The highest BCUT2D eigenvalue weighted by Crippen LogP contribution is 2.03. The second-order valence-corrected chi connectivity index (χ2v) is 6.62. The third-order valence-corrected chi connectivity index (χ3v) is 4.36. The lowest BCUT2D eigenvalue weighted by molar-refractivity contribution is -0.122. The molecule has 160 valence electrons. The normalized spacial score (nSPS) is 15.2. The van der Waals surface area contributed by atoms with Gasteiger partial charge in [-0.1, -0.05) is 0 Å². The van der Waals surface area contributed by atoms with Crippen LogP contribution in [-0.4, -0.2) is 97.5 Å². The zero-order valence-corrected chi connectivity index (χ0v) is 19.5. The van der Waals surface area contributed by atoms with Gasteiger partial charge < -0.3 is 20.3 Å². The quantitative estimate of drug-likeness (QED) is 0.214. The van der Waals surface area contributed by atoms with Crippen molar-refractivity contribution in [3.8, 4) is 0 Å². The average Bonchev–Trinajstić information content (AvgIpc) is 3.07. The van der Waals surface area contributed by atoms with E-state index >= 15 is 0 Å². The van der Waals surface area contributed by atoms with Crippen molar-refractivity contribution < 1.29 is 9.53 Å². The standard InChI is InChI=1S/C18H33N7O2.HI/c1-4-19-18(21-5-7-25-14-16(2)13-22-25)24-10-8-23(9-11-24)15-17(26)20-6-12-27-3;/h13-14H,4-12,15H2,1-3H3,(H,19,21)(H,20,26);1H. The number of aryl methyl sites for hydroxylation is 1. The summed E-state index contributed by atoms with van der Waals surface area (Å²) in [5.41, 5.74) is 1.16. The third-order valence-electron chi connectivity index (χ3n) is 4.36. The summed E-state index contributed by atoms with van der Waals surface area (Å²) in [5, 5.41) is 10.5. The lowest BCUT2D eigenvalue weighted by atomic mass is 10.3. The van der Waals surface area contributed by atoms with Crippen molar-refractivity contribution in [3.63, 3.8) is 0 Å². The predicted molar refractivity (Wildman–Crippen MR) is 121 cm³/mol. The first-order chi connectivity index (χ1) is 13.1. The summed E-state index contributed by atoms with van der Waals surface area (Å²) < 4.78 is 6.87. The maximum absolute atomic E-state index is 11.9. The van der Waals surface area contributed by atoms with Crippen LogP contribution in [0, 0.1) is 6.92 Å². The third kappa shape index (κ3) is 8.74. The molecule has 9 nitrogen and oxygen atoms in total. The smallest absolute Gasteiger partial charge is 0.234 e. The maximum atomic E-state index is 11.9. The van der Waals surface area contributed by atoms with Gasteiger partial charge in [-0.15, -0.1) is 24.0 Å². The number of nitrogens with one attached hydrogen (secondary N) is 2. The van der Waals surface area contributed by atoms with Crippen LogP contribution < -0.4 is 10.6 Å². The Morgan fingerprint density at radius 1 is 1.29 bits per heavy atom. The summed E-state index contributed by atoms with van der Waals surface area (Å²) in [6.45, 7) is 11.3. The average molecular weight is 507 g/mol. The number of carbonyl (C=O) groups excluding carboxylic acids is 1. The monoisotopic (exact) mass is 507 g/mol. The Labute approximate surface area is 184 Å². The van der Waals surface area contributed by atoms with Crippen LogP contribution in [0.2, 0.25) is 0 Å². The van der Waals surface area contributed by atoms with Gasteiger partial charge in [0.2, 0.25) is 5.91 Å². The SMILES string of the molecule is CCNC(=NCCn1cc(C)cn1)N1CCN(CC(=O)NCCOC)CC1.I. The van der Waals surface area contributed by atoms with E-state index in [2.05, 4.69) is 32.5 Å². The molecule has 1 aromatic heterocycles. The number of hydrogen-bond acceptors (Lipinski definition) is 5. The molecule has 2 rings (SSSR count). The number of guanidine groups is 1. The van der Waals surface area contributed by atoms with E-state index in [0.29, 0.717) is 26.2 Å². The first kappa shape index (κ1) is 24.6. The van der Waals surface area contributed by atoms with Crippen LogP contribution >= 0.6 is 24.0 Å². The Kier molecular flexibility index (Phi) is 12.1. The van der Waals surface area contributed by atoms with Crippen molar-refractivity contribution in [1.29, 1.82) is 0 Å². The van der Waals surface area contributed by atoms with E-state index in [1.165, 1.54) is 0 Å². The summed E-state index contributed by atoms with van der Waals surface area (Å²) in [4.78, 5) is 21.1. The zero-order valence-electron chi connectivity index (χ0n) is 17.2. The fraction of sp³-hybridized carbons (Fsp3) is 0.722. The molecule has 2 heterocycles. The number of hydrogen-bond donors (Lipinski definition) is 2. The minimum atomic E-state index is 0. The Morgan fingerprint density at radius 2 is 2.04 bits per heavy atom. The van der Waals surface area contributed by atoms with Crippen molar-refractivity contribution in [2.45, 2.75) is 20.4 Å². The summed E-state index contributed by atoms with van der Waals surface area (Å²) in [6.07, 6.45) is 3.89. The van der Waals surface area contributed by atoms with Gasteiger partial charge in [-0.05, 0) is 19.4 Å². The molecule has 1 aromatic rings. The number of halogens is 1. The number of aliphatic imine (C=N–C) groups is 1. The zero-order chi connectivity index (χ0) is 19.5. The molecule has 0 saturated carbocycles. The Balaban J connectivity index is 0.00000392.